The standard InChI is InChI=1S/C9H10ClNO4S/c1-15-9(12)7-5(11)3-4-6(8(7)10)16(2,13)14/h3-4H,11H2,1-2H3. The number of sulfone groups is 1. The first kappa shape index (κ1) is 12.8. The van der Waals surface area contributed by atoms with Gasteiger partial charge in [-0.2, -0.15) is 0 Å². The van der Waals surface area contributed by atoms with Crippen molar-refractivity contribution < 1.29 is 17.9 Å². The van der Waals surface area contributed by atoms with Gasteiger partial charge in [-0.25, -0.2) is 13.2 Å². The molecule has 0 unspecified atom stereocenters. The van der Waals surface area contributed by atoms with E-state index < -0.39 is 15.8 Å². The van der Waals surface area contributed by atoms with Crippen molar-refractivity contribution in [3.63, 3.8) is 0 Å². The Morgan fingerprint density at radius 1 is 1.44 bits per heavy atom. The number of ether oxygens (including phenoxy) is 1. The summed E-state index contributed by atoms with van der Waals surface area (Å²) in [5, 5.41) is -0.214. The number of carbonyl (C=O) groups excluding carboxylic acids is 1. The van der Waals surface area contributed by atoms with Gasteiger partial charge in [0.1, 0.15) is 5.56 Å². The highest BCUT2D eigenvalue weighted by Gasteiger charge is 2.22. The maximum atomic E-state index is 11.4. The van der Waals surface area contributed by atoms with Crippen molar-refractivity contribution in [1.82, 2.24) is 0 Å². The number of hydrogen-bond donors (Lipinski definition) is 1. The summed E-state index contributed by atoms with van der Waals surface area (Å²) in [6, 6.07) is 2.55. The van der Waals surface area contributed by atoms with Gasteiger partial charge in [-0.1, -0.05) is 11.6 Å². The van der Waals surface area contributed by atoms with Crippen molar-refractivity contribution in [3.05, 3.63) is 22.7 Å². The molecule has 0 amide bonds. The van der Waals surface area contributed by atoms with Gasteiger partial charge in [0.2, 0.25) is 0 Å². The van der Waals surface area contributed by atoms with E-state index in [0.29, 0.717) is 0 Å². The lowest BCUT2D eigenvalue weighted by atomic mass is 10.2. The molecule has 0 heterocycles. The molecule has 0 saturated carbocycles. The molecular weight excluding hydrogens is 254 g/mol. The molecular formula is C9H10ClNO4S. The van der Waals surface area contributed by atoms with Crippen molar-refractivity contribution in [1.29, 1.82) is 0 Å². The van der Waals surface area contributed by atoms with E-state index in [-0.39, 0.29) is 21.2 Å². The Morgan fingerprint density at radius 3 is 2.44 bits per heavy atom. The predicted octanol–water partition coefficient (Wildman–Crippen LogP) is 1.11. The van der Waals surface area contributed by atoms with E-state index in [2.05, 4.69) is 4.74 Å². The molecule has 88 valence electrons. The zero-order valence-corrected chi connectivity index (χ0v) is 10.2. The number of rotatable bonds is 2. The third-order valence-corrected chi connectivity index (χ3v) is 3.57. The molecule has 0 aliphatic heterocycles. The zero-order valence-electron chi connectivity index (χ0n) is 8.65. The summed E-state index contributed by atoms with van der Waals surface area (Å²) in [7, 11) is -2.35. The third kappa shape index (κ3) is 2.28. The summed E-state index contributed by atoms with van der Waals surface area (Å²) < 4.78 is 27.2. The highest BCUT2D eigenvalue weighted by atomic mass is 35.5. The smallest absolute Gasteiger partial charge is 0.341 e. The molecule has 0 saturated heterocycles. The number of benzene rings is 1. The quantitative estimate of drug-likeness (QED) is 0.638. The van der Waals surface area contributed by atoms with Crippen LogP contribution in [-0.4, -0.2) is 27.8 Å². The fourth-order valence-corrected chi connectivity index (χ4v) is 2.58. The number of anilines is 1. The highest BCUT2D eigenvalue weighted by Crippen LogP contribution is 2.30. The number of halogens is 1. The van der Waals surface area contributed by atoms with Gasteiger partial charge in [-0.15, -0.1) is 0 Å². The van der Waals surface area contributed by atoms with E-state index >= 15 is 0 Å². The van der Waals surface area contributed by atoms with Crippen LogP contribution in [0.3, 0.4) is 0 Å². The Hall–Kier alpha value is -1.27. The number of methoxy groups -OCH3 is 1. The molecule has 1 aromatic rings. The monoisotopic (exact) mass is 263 g/mol. The number of nitrogen functional groups attached to an aromatic ring is 1. The van der Waals surface area contributed by atoms with Crippen molar-refractivity contribution in [3.8, 4) is 0 Å². The summed E-state index contributed by atoms with van der Waals surface area (Å²) in [5.41, 5.74) is 5.47. The average molecular weight is 264 g/mol. The Balaban J connectivity index is 3.57. The topological polar surface area (TPSA) is 86.5 Å². The van der Waals surface area contributed by atoms with Crippen LogP contribution in [0.1, 0.15) is 10.4 Å². The largest absolute Gasteiger partial charge is 0.465 e. The molecule has 0 radical (unpaired) electrons. The van der Waals surface area contributed by atoms with Crippen LogP contribution in [0.5, 0.6) is 0 Å². The lowest BCUT2D eigenvalue weighted by molar-refractivity contribution is 0.0602. The van der Waals surface area contributed by atoms with Crippen LogP contribution in [0, 0.1) is 0 Å². The van der Waals surface area contributed by atoms with Gasteiger partial charge >= 0.3 is 5.97 Å². The first-order chi connectivity index (χ1) is 7.29. The average Bonchev–Trinajstić information content (AvgIpc) is 2.15. The van der Waals surface area contributed by atoms with Gasteiger partial charge < -0.3 is 10.5 Å². The lowest BCUT2D eigenvalue weighted by Gasteiger charge is -2.09. The van der Waals surface area contributed by atoms with E-state index in [4.69, 9.17) is 17.3 Å². The van der Waals surface area contributed by atoms with Crippen molar-refractivity contribution in [2.75, 3.05) is 19.1 Å². The minimum absolute atomic E-state index is 0.0734. The molecule has 0 aliphatic carbocycles. The van der Waals surface area contributed by atoms with E-state index in [1.54, 1.807) is 0 Å². The predicted molar refractivity (Wildman–Crippen MR) is 60.3 cm³/mol. The van der Waals surface area contributed by atoms with Gasteiger partial charge in [-0.05, 0) is 12.1 Å². The van der Waals surface area contributed by atoms with Crippen molar-refractivity contribution in [2.45, 2.75) is 4.90 Å². The van der Waals surface area contributed by atoms with Crippen LogP contribution in [0.25, 0.3) is 0 Å². The summed E-state index contributed by atoms with van der Waals surface area (Å²) >= 11 is 5.81. The number of carbonyl (C=O) groups is 1. The first-order valence-corrected chi connectivity index (χ1v) is 6.42. The van der Waals surface area contributed by atoms with Crippen molar-refractivity contribution in [2.24, 2.45) is 0 Å². The maximum absolute atomic E-state index is 11.4. The lowest BCUT2D eigenvalue weighted by Crippen LogP contribution is -2.09. The minimum Gasteiger partial charge on any atom is -0.465 e. The second-order valence-corrected chi connectivity index (χ2v) is 5.47. The molecule has 0 spiro atoms. The molecule has 16 heavy (non-hydrogen) atoms. The second-order valence-electron chi connectivity index (χ2n) is 3.11. The summed E-state index contributed by atoms with van der Waals surface area (Å²) in [6.07, 6.45) is 0.992. The van der Waals surface area contributed by atoms with E-state index in [1.165, 1.54) is 12.1 Å². The maximum Gasteiger partial charge on any atom is 0.341 e. The van der Waals surface area contributed by atoms with Crippen molar-refractivity contribution >= 4 is 33.1 Å². The minimum atomic E-state index is -3.51. The zero-order chi connectivity index (χ0) is 12.5. The molecule has 7 heteroatoms. The van der Waals surface area contributed by atoms with Gasteiger partial charge in [-0.3, -0.25) is 0 Å². The van der Waals surface area contributed by atoms with Crippen LogP contribution in [0.15, 0.2) is 17.0 Å². The normalized spacial score (nSPS) is 11.2. The van der Waals surface area contributed by atoms with Gasteiger partial charge in [0.25, 0.3) is 0 Å². The molecule has 2 N–H and O–H groups in total. The van der Waals surface area contributed by atoms with Crippen LogP contribution in [0.2, 0.25) is 5.02 Å². The second kappa shape index (κ2) is 4.31. The molecule has 0 fully saturated rings. The van der Waals surface area contributed by atoms with Gasteiger partial charge in [0.15, 0.2) is 9.84 Å². The van der Waals surface area contributed by atoms with E-state index in [0.717, 1.165) is 13.4 Å². The van der Waals surface area contributed by atoms with E-state index in [9.17, 15) is 13.2 Å². The first-order valence-electron chi connectivity index (χ1n) is 4.15. The number of hydrogen-bond acceptors (Lipinski definition) is 5. The molecule has 0 aliphatic rings. The van der Waals surface area contributed by atoms with Gasteiger partial charge in [0.05, 0.1) is 17.0 Å². The Kier molecular flexibility index (Phi) is 3.44. The van der Waals surface area contributed by atoms with Crippen LogP contribution < -0.4 is 5.73 Å². The summed E-state index contributed by atoms with van der Waals surface area (Å²) in [6.45, 7) is 0. The molecule has 0 bridgehead atoms. The van der Waals surface area contributed by atoms with E-state index in [1.807, 2.05) is 0 Å². The molecule has 0 aromatic heterocycles. The Labute approximate surface area is 98.1 Å². The molecule has 5 nitrogen and oxygen atoms in total. The number of esters is 1. The van der Waals surface area contributed by atoms with Crippen LogP contribution in [-0.2, 0) is 14.6 Å². The fourth-order valence-electron chi connectivity index (χ4n) is 1.17. The third-order valence-electron chi connectivity index (χ3n) is 1.93. The highest BCUT2D eigenvalue weighted by molar-refractivity contribution is 7.90. The Morgan fingerprint density at radius 2 is 2.00 bits per heavy atom. The molecule has 1 rings (SSSR count). The molecule has 0 atom stereocenters. The fraction of sp³-hybridized carbons (Fsp3) is 0.222. The van der Waals surface area contributed by atoms with Gasteiger partial charge in [0, 0.05) is 11.9 Å². The summed E-state index contributed by atoms with van der Waals surface area (Å²) in [4.78, 5) is 11.2. The SMILES string of the molecule is COC(=O)c1c(N)ccc(S(C)(=O)=O)c1Cl. The summed E-state index contributed by atoms with van der Waals surface area (Å²) in [5.74, 6) is -0.770. The van der Waals surface area contributed by atoms with Crippen LogP contribution >= 0.6 is 11.6 Å². The Bertz CT molecular complexity index is 539. The number of nitrogens with two attached hydrogens (primary N) is 1. The van der Waals surface area contributed by atoms with Crippen LogP contribution in [0.4, 0.5) is 5.69 Å². The molecule has 1 aromatic carbocycles.